The van der Waals surface area contributed by atoms with Crippen molar-refractivity contribution in [2.45, 2.75) is 12.8 Å². The molecule has 1 aliphatic rings. The lowest BCUT2D eigenvalue weighted by molar-refractivity contribution is 0.262. The summed E-state index contributed by atoms with van der Waals surface area (Å²) in [6.45, 7) is 2.80. The van der Waals surface area contributed by atoms with Crippen LogP contribution in [0.1, 0.15) is 12.8 Å². The van der Waals surface area contributed by atoms with Crippen molar-refractivity contribution < 1.29 is 12.6 Å². The van der Waals surface area contributed by atoms with E-state index < -0.39 is 20.8 Å². The molecule has 17 heavy (non-hydrogen) atoms. The Bertz CT molecular complexity index is 357. The van der Waals surface area contributed by atoms with Crippen LogP contribution < -0.4 is 5.32 Å². The lowest BCUT2D eigenvalue weighted by Crippen LogP contribution is -2.42. The van der Waals surface area contributed by atoms with Crippen molar-refractivity contribution >= 4 is 20.8 Å². The standard InChI is InChI=1S/C10H22N2O3S2/c1-16(13)7-5-11-8-10-4-3-6-12(9-10)17(2,14)15/h10-11H,3-9H2,1-2H3. The summed E-state index contributed by atoms with van der Waals surface area (Å²) in [4.78, 5) is 0. The number of hydrogen-bond acceptors (Lipinski definition) is 4. The van der Waals surface area contributed by atoms with Gasteiger partial charge in [-0.1, -0.05) is 0 Å². The molecular formula is C10H22N2O3S2. The smallest absolute Gasteiger partial charge is 0.211 e. The number of sulfonamides is 1. The van der Waals surface area contributed by atoms with Gasteiger partial charge in [-0.3, -0.25) is 4.21 Å². The molecule has 7 heteroatoms. The molecule has 0 amide bonds. The maximum absolute atomic E-state index is 11.4. The van der Waals surface area contributed by atoms with Gasteiger partial charge in [0.1, 0.15) is 0 Å². The molecule has 1 rings (SSSR count). The second kappa shape index (κ2) is 6.82. The number of hydrogen-bond donors (Lipinski definition) is 1. The van der Waals surface area contributed by atoms with Gasteiger partial charge in [0.15, 0.2) is 0 Å². The summed E-state index contributed by atoms with van der Waals surface area (Å²) in [6, 6.07) is 0. The maximum Gasteiger partial charge on any atom is 0.211 e. The predicted molar refractivity (Wildman–Crippen MR) is 70.9 cm³/mol. The van der Waals surface area contributed by atoms with Crippen LogP contribution in [-0.4, -0.2) is 61.4 Å². The Kier molecular flexibility index (Phi) is 6.05. The lowest BCUT2D eigenvalue weighted by Gasteiger charge is -2.31. The van der Waals surface area contributed by atoms with Crippen molar-refractivity contribution in [2.75, 3.05) is 44.4 Å². The first-order chi connectivity index (χ1) is 7.89. The van der Waals surface area contributed by atoms with Crippen LogP contribution >= 0.6 is 0 Å². The van der Waals surface area contributed by atoms with Gasteiger partial charge < -0.3 is 5.32 Å². The minimum absolute atomic E-state index is 0.378. The van der Waals surface area contributed by atoms with Gasteiger partial charge >= 0.3 is 0 Å². The molecule has 0 spiro atoms. The topological polar surface area (TPSA) is 66.5 Å². The van der Waals surface area contributed by atoms with E-state index >= 15 is 0 Å². The molecule has 1 heterocycles. The Labute approximate surface area is 106 Å². The normalized spacial score (nSPS) is 24.7. The molecule has 0 saturated carbocycles. The van der Waals surface area contributed by atoms with Gasteiger partial charge in [-0.05, 0) is 25.3 Å². The summed E-state index contributed by atoms with van der Waals surface area (Å²) >= 11 is 0. The van der Waals surface area contributed by atoms with Gasteiger partial charge in [0, 0.05) is 42.4 Å². The van der Waals surface area contributed by atoms with Gasteiger partial charge in [0.05, 0.1) is 6.26 Å². The first-order valence-corrected chi connectivity index (χ1v) is 9.43. The third-order valence-electron chi connectivity index (χ3n) is 2.95. The van der Waals surface area contributed by atoms with Crippen molar-refractivity contribution in [3.8, 4) is 0 Å². The Morgan fingerprint density at radius 2 is 2.18 bits per heavy atom. The van der Waals surface area contributed by atoms with Crippen LogP contribution in [0.2, 0.25) is 0 Å². The number of nitrogens with zero attached hydrogens (tertiary/aromatic N) is 1. The van der Waals surface area contributed by atoms with Crippen molar-refractivity contribution in [1.82, 2.24) is 9.62 Å². The Balaban J connectivity index is 2.28. The first kappa shape index (κ1) is 15.1. The van der Waals surface area contributed by atoms with Crippen LogP contribution in [0.3, 0.4) is 0 Å². The van der Waals surface area contributed by atoms with Crippen LogP contribution in [0.15, 0.2) is 0 Å². The highest BCUT2D eigenvalue weighted by molar-refractivity contribution is 7.88. The Morgan fingerprint density at radius 1 is 1.47 bits per heavy atom. The van der Waals surface area contributed by atoms with E-state index in [1.807, 2.05) is 0 Å². The molecule has 0 aromatic carbocycles. The van der Waals surface area contributed by atoms with Gasteiger partial charge in [-0.25, -0.2) is 12.7 Å². The lowest BCUT2D eigenvalue weighted by atomic mass is 10.00. The van der Waals surface area contributed by atoms with Crippen molar-refractivity contribution in [3.63, 3.8) is 0 Å². The summed E-state index contributed by atoms with van der Waals surface area (Å²) in [5, 5.41) is 3.24. The fourth-order valence-corrected chi connectivity index (χ4v) is 3.39. The molecule has 2 unspecified atom stereocenters. The molecule has 1 N–H and O–H groups in total. The molecular weight excluding hydrogens is 260 g/mol. The molecule has 5 nitrogen and oxygen atoms in total. The summed E-state index contributed by atoms with van der Waals surface area (Å²) in [5.41, 5.74) is 0. The van der Waals surface area contributed by atoms with Gasteiger partial charge in [0.2, 0.25) is 10.0 Å². The molecule has 0 aliphatic carbocycles. The predicted octanol–water partition coefficient (Wildman–Crippen LogP) is -0.374. The third kappa shape index (κ3) is 5.94. The zero-order valence-corrected chi connectivity index (χ0v) is 12.1. The minimum atomic E-state index is -3.05. The zero-order chi connectivity index (χ0) is 12.9. The highest BCUT2D eigenvalue weighted by Crippen LogP contribution is 2.17. The quantitative estimate of drug-likeness (QED) is 0.675. The highest BCUT2D eigenvalue weighted by atomic mass is 32.2. The van der Waals surface area contributed by atoms with Gasteiger partial charge in [0.25, 0.3) is 0 Å². The van der Waals surface area contributed by atoms with Gasteiger partial charge in [-0.2, -0.15) is 0 Å². The van der Waals surface area contributed by atoms with E-state index in [0.717, 1.165) is 25.9 Å². The van der Waals surface area contributed by atoms with Crippen molar-refractivity contribution in [1.29, 1.82) is 0 Å². The van der Waals surface area contributed by atoms with E-state index in [1.165, 1.54) is 6.26 Å². The molecule has 1 aliphatic heterocycles. The molecule has 2 atom stereocenters. The summed E-state index contributed by atoms with van der Waals surface area (Å²) in [5.74, 6) is 1.03. The SMILES string of the molecule is CS(=O)CCNCC1CCCN(S(C)(=O)=O)C1. The van der Waals surface area contributed by atoms with Crippen LogP contribution in [0, 0.1) is 5.92 Å². The van der Waals surface area contributed by atoms with Gasteiger partial charge in [-0.15, -0.1) is 0 Å². The monoisotopic (exact) mass is 282 g/mol. The number of nitrogens with one attached hydrogen (secondary N) is 1. The average molecular weight is 282 g/mol. The minimum Gasteiger partial charge on any atom is -0.315 e. The number of piperidine rings is 1. The second-order valence-electron chi connectivity index (χ2n) is 4.61. The summed E-state index contributed by atoms with van der Waals surface area (Å²) < 4.78 is 35.3. The molecule has 1 saturated heterocycles. The largest absolute Gasteiger partial charge is 0.315 e. The number of rotatable bonds is 6. The summed E-state index contributed by atoms with van der Waals surface area (Å²) in [6.07, 6.45) is 4.95. The molecule has 102 valence electrons. The van der Waals surface area contributed by atoms with E-state index in [2.05, 4.69) is 5.32 Å². The van der Waals surface area contributed by atoms with Crippen molar-refractivity contribution in [2.24, 2.45) is 5.92 Å². The highest BCUT2D eigenvalue weighted by Gasteiger charge is 2.25. The van der Waals surface area contributed by atoms with E-state index in [1.54, 1.807) is 10.6 Å². The first-order valence-electron chi connectivity index (χ1n) is 5.85. The van der Waals surface area contributed by atoms with E-state index in [-0.39, 0.29) is 0 Å². The Hall–Kier alpha value is 0.0200. The zero-order valence-electron chi connectivity index (χ0n) is 10.5. The molecule has 1 fully saturated rings. The van der Waals surface area contributed by atoms with Crippen molar-refractivity contribution in [3.05, 3.63) is 0 Å². The van der Waals surface area contributed by atoms with E-state index in [9.17, 15) is 12.6 Å². The maximum atomic E-state index is 11.4. The van der Waals surface area contributed by atoms with Crippen LogP contribution in [0.4, 0.5) is 0 Å². The summed E-state index contributed by atoms with van der Waals surface area (Å²) in [7, 11) is -3.81. The molecule has 0 aromatic heterocycles. The molecule has 0 radical (unpaired) electrons. The molecule has 0 bridgehead atoms. The average Bonchev–Trinajstić information content (AvgIpc) is 2.23. The van der Waals surface area contributed by atoms with E-state index in [4.69, 9.17) is 0 Å². The Morgan fingerprint density at radius 3 is 2.76 bits per heavy atom. The van der Waals surface area contributed by atoms with E-state index in [0.29, 0.717) is 24.8 Å². The van der Waals surface area contributed by atoms with Crippen LogP contribution in [-0.2, 0) is 20.8 Å². The molecule has 0 aromatic rings. The second-order valence-corrected chi connectivity index (χ2v) is 8.15. The van der Waals surface area contributed by atoms with Crippen LogP contribution in [0.5, 0.6) is 0 Å². The fraction of sp³-hybridized carbons (Fsp3) is 1.00. The fourth-order valence-electron chi connectivity index (χ4n) is 2.02. The third-order valence-corrected chi connectivity index (χ3v) is 5.00. The van der Waals surface area contributed by atoms with Crippen LogP contribution in [0.25, 0.3) is 0 Å².